The first-order chi connectivity index (χ1) is 23.9. The van der Waals surface area contributed by atoms with Crippen LogP contribution in [0.5, 0.6) is 0 Å². The van der Waals surface area contributed by atoms with Crippen molar-refractivity contribution in [1.82, 2.24) is 0 Å². The number of anilines is 1. The summed E-state index contributed by atoms with van der Waals surface area (Å²) < 4.78 is 71.1. The molecule has 0 aliphatic rings. The van der Waals surface area contributed by atoms with Crippen molar-refractivity contribution in [3.63, 3.8) is 0 Å². The molecule has 0 heterocycles. The normalized spacial score (nSPS) is 11.5. The van der Waals surface area contributed by atoms with Crippen LogP contribution < -0.4 is 5.73 Å². The Morgan fingerprint density at radius 1 is 0.560 bits per heavy atom. The van der Waals surface area contributed by atoms with Gasteiger partial charge in [-0.2, -0.15) is 8.42 Å². The molecule has 0 fully saturated rings. The van der Waals surface area contributed by atoms with Gasteiger partial charge in [0.25, 0.3) is 10.1 Å². The van der Waals surface area contributed by atoms with Crippen LogP contribution in [0.4, 0.5) is 5.69 Å². The van der Waals surface area contributed by atoms with Gasteiger partial charge in [0.15, 0.2) is 0 Å². The molecule has 8 nitrogen and oxygen atoms in total. The second kappa shape index (κ2) is 29.1. The number of benzene rings is 2. The zero-order valence-electron chi connectivity index (χ0n) is 31.4. The summed E-state index contributed by atoms with van der Waals surface area (Å²) in [5, 5.41) is 8.06. The van der Waals surface area contributed by atoms with Gasteiger partial charge in [0, 0.05) is 11.8 Å². The predicted molar refractivity (Wildman–Crippen MR) is 202 cm³/mol. The molecule has 2 aromatic carbocycles. The number of rotatable bonds is 25. The molecular weight excluding hydrogens is 706 g/mol. The minimum absolute atomic E-state index is 0.125. The molecule has 0 bridgehead atoms. The van der Waals surface area contributed by atoms with Crippen LogP contribution in [0, 0.1) is 0 Å². The van der Waals surface area contributed by atoms with Gasteiger partial charge in [0.05, 0.1) is 14.7 Å². The summed E-state index contributed by atoms with van der Waals surface area (Å²) in [7, 11) is -8.43. The molecule has 0 saturated heterocycles. The Hall–Kier alpha value is -1.43. The predicted octanol–water partition coefficient (Wildman–Crippen LogP) is 10.5. The second-order valence-corrected chi connectivity index (χ2v) is 16.8. The number of hydrogen-bond acceptors (Lipinski definition) is 7. The molecule has 286 valence electrons. The van der Waals surface area contributed by atoms with Crippen molar-refractivity contribution in [3.8, 4) is 0 Å². The zero-order chi connectivity index (χ0) is 37.8. The molecule has 0 amide bonds. The Bertz CT molecular complexity index is 1360. The van der Waals surface area contributed by atoms with Crippen LogP contribution in [0.1, 0.15) is 167 Å². The van der Waals surface area contributed by atoms with E-state index in [1.165, 1.54) is 101 Å². The van der Waals surface area contributed by atoms with Crippen molar-refractivity contribution in [2.24, 2.45) is 0 Å². The van der Waals surface area contributed by atoms with Crippen LogP contribution in [0.25, 0.3) is 0 Å². The summed E-state index contributed by atoms with van der Waals surface area (Å²) in [5.74, 6) is 0. The average molecular weight is 774 g/mol. The number of sulfone groups is 1. The van der Waals surface area contributed by atoms with E-state index in [0.717, 1.165) is 71.8 Å². The summed E-state index contributed by atoms with van der Waals surface area (Å²) in [5.41, 5.74) is 7.28. The van der Waals surface area contributed by atoms with Crippen LogP contribution in [-0.2, 0) is 56.5 Å². The van der Waals surface area contributed by atoms with E-state index >= 15 is 0 Å². The molecule has 0 spiro atoms. The molecule has 2 rings (SSSR count). The summed E-state index contributed by atoms with van der Waals surface area (Å²) in [6.45, 7) is 7.89. The minimum atomic E-state index is -4.51. The standard InChI is InChI=1S/C36H59NO5S2.C3H8O.O.Ti/c1-3-5-7-9-11-13-15-17-19-21-23-33-34(24-22-20-18-16-14-12-10-8-6-4-2)36(44(40,41)42)30-29-35(33)43(38,39)32-27-25-31(37)26-28-32;1-3(2)4;;/h25-30H,3-24,37H2,1-2H3,(H,40,41,42);3-4H,1-2H3;;. The zero-order valence-corrected chi connectivity index (χ0v) is 34.6. The van der Waals surface area contributed by atoms with Gasteiger partial charge in [-0.15, -0.1) is 0 Å². The Kier molecular flexibility index (Phi) is 28.2. The van der Waals surface area contributed by atoms with Gasteiger partial charge < -0.3 is 10.8 Å². The molecule has 50 heavy (non-hydrogen) atoms. The molecule has 0 aromatic heterocycles. The van der Waals surface area contributed by atoms with Crippen molar-refractivity contribution in [1.29, 1.82) is 0 Å². The van der Waals surface area contributed by atoms with E-state index in [1.807, 2.05) is 0 Å². The second-order valence-electron chi connectivity index (χ2n) is 13.5. The quantitative estimate of drug-likeness (QED) is 0.0390. The van der Waals surface area contributed by atoms with E-state index in [-0.39, 0.29) is 20.8 Å². The average Bonchev–Trinajstić information content (AvgIpc) is 3.07. The number of nitrogens with two attached hydrogens (primary N) is 1. The summed E-state index contributed by atoms with van der Waals surface area (Å²) >= 11 is 0.750. The Morgan fingerprint density at radius 3 is 1.20 bits per heavy atom. The van der Waals surface area contributed by atoms with E-state index in [1.54, 1.807) is 26.0 Å². The Balaban J connectivity index is 0.00000372. The van der Waals surface area contributed by atoms with Crippen molar-refractivity contribution in [2.45, 2.75) is 190 Å². The third-order valence-corrected chi connectivity index (χ3v) is 11.5. The molecule has 0 saturated carbocycles. The van der Waals surface area contributed by atoms with E-state index in [4.69, 9.17) is 14.2 Å². The molecule has 0 atom stereocenters. The van der Waals surface area contributed by atoms with Gasteiger partial charge in [-0.05, 0) is 87.1 Å². The molecule has 0 aliphatic heterocycles. The molecule has 0 radical (unpaired) electrons. The molecule has 0 aliphatic carbocycles. The molecular formula is C39H67NO7S2Ti. The molecule has 4 N–H and O–H groups in total. The van der Waals surface area contributed by atoms with Gasteiger partial charge in [0.1, 0.15) is 0 Å². The van der Waals surface area contributed by atoms with Crippen molar-refractivity contribution < 1.29 is 50.2 Å². The number of aliphatic hydroxyl groups is 1. The fourth-order valence-corrected chi connectivity index (χ4v) is 8.37. The topological polar surface area (TPSA) is 152 Å². The number of unbranched alkanes of at least 4 members (excludes halogenated alkanes) is 18. The van der Waals surface area contributed by atoms with Gasteiger partial charge in [-0.3, -0.25) is 4.55 Å². The van der Waals surface area contributed by atoms with Crippen LogP contribution in [-0.4, -0.2) is 32.6 Å². The van der Waals surface area contributed by atoms with E-state index in [0.29, 0.717) is 29.7 Å². The summed E-state index contributed by atoms with van der Waals surface area (Å²) in [6.07, 6.45) is 23.7. The van der Waals surface area contributed by atoms with Gasteiger partial charge in [-0.1, -0.05) is 129 Å². The summed E-state index contributed by atoms with van der Waals surface area (Å²) in [6, 6.07) is 8.75. The van der Waals surface area contributed by atoms with E-state index in [2.05, 4.69) is 13.8 Å². The third-order valence-electron chi connectivity index (χ3n) is 8.66. The first-order valence-electron chi connectivity index (χ1n) is 19.0. The van der Waals surface area contributed by atoms with Crippen molar-refractivity contribution in [3.05, 3.63) is 47.5 Å². The Labute approximate surface area is 317 Å². The molecule has 0 unspecified atom stereocenters. The molecule has 2 aromatic rings. The maximum atomic E-state index is 13.9. The fraction of sp³-hybridized carbons (Fsp3) is 0.692. The van der Waals surface area contributed by atoms with Crippen molar-refractivity contribution in [2.75, 3.05) is 5.73 Å². The third kappa shape index (κ3) is 21.2. The molecule has 11 heteroatoms. The number of hydrogen-bond donors (Lipinski definition) is 3. The van der Waals surface area contributed by atoms with Crippen LogP contribution in [0.2, 0.25) is 0 Å². The van der Waals surface area contributed by atoms with Crippen LogP contribution in [0.15, 0.2) is 51.1 Å². The monoisotopic (exact) mass is 773 g/mol. The number of aliphatic hydroxyl groups excluding tert-OH is 1. The van der Waals surface area contributed by atoms with Gasteiger partial charge in [0.2, 0.25) is 9.84 Å². The van der Waals surface area contributed by atoms with Gasteiger partial charge >= 0.3 is 23.7 Å². The summed E-state index contributed by atoms with van der Waals surface area (Å²) in [4.78, 5) is 0.0972. The van der Waals surface area contributed by atoms with Crippen LogP contribution >= 0.6 is 0 Å². The SMILES string of the molecule is CC(C)O.CCCCCCCCCCCCc1c(S(=O)(=O)O)ccc(S(=O)(=O)c2ccc(N)cc2)c1CCCCCCCCCCCC.[O]=[Ti]. The first kappa shape index (κ1) is 48.6. The maximum absolute atomic E-state index is 13.9. The van der Waals surface area contributed by atoms with E-state index in [9.17, 15) is 21.4 Å². The van der Waals surface area contributed by atoms with E-state index < -0.39 is 20.0 Å². The van der Waals surface area contributed by atoms with Crippen LogP contribution in [0.3, 0.4) is 0 Å². The Morgan fingerprint density at radius 2 is 0.860 bits per heavy atom. The number of nitrogen functional groups attached to an aromatic ring is 1. The van der Waals surface area contributed by atoms with Gasteiger partial charge in [-0.25, -0.2) is 8.42 Å². The fourth-order valence-electron chi connectivity index (χ4n) is 6.04. The first-order valence-corrected chi connectivity index (χ1v) is 22.5. The van der Waals surface area contributed by atoms with Crippen molar-refractivity contribution >= 4 is 25.6 Å².